The van der Waals surface area contributed by atoms with Gasteiger partial charge in [-0.1, -0.05) is 60.8 Å². The van der Waals surface area contributed by atoms with E-state index in [1.54, 1.807) is 5.19 Å². The van der Waals surface area contributed by atoms with E-state index >= 15 is 0 Å². The van der Waals surface area contributed by atoms with Gasteiger partial charge in [0.05, 0.1) is 8.80 Å². The van der Waals surface area contributed by atoms with Crippen LogP contribution in [-0.4, -0.2) is 8.80 Å². The van der Waals surface area contributed by atoms with Gasteiger partial charge in [0.2, 0.25) is 0 Å². The van der Waals surface area contributed by atoms with E-state index < -0.39 is 8.80 Å². The summed E-state index contributed by atoms with van der Waals surface area (Å²) >= 11 is 0. The Morgan fingerprint density at radius 3 is 2.33 bits per heavy atom. The summed E-state index contributed by atoms with van der Waals surface area (Å²) in [5.41, 5.74) is 0. The van der Waals surface area contributed by atoms with Crippen molar-refractivity contribution in [3.63, 3.8) is 0 Å². The van der Waals surface area contributed by atoms with Crippen LogP contribution in [0.3, 0.4) is 0 Å². The van der Waals surface area contributed by atoms with Crippen LogP contribution in [0.2, 0.25) is 12.1 Å². The lowest BCUT2D eigenvalue weighted by atomic mass is 10.3. The number of hydrogen-bond acceptors (Lipinski definition) is 0. The Hall–Kier alpha value is -0.563. The number of benzene rings is 1. The summed E-state index contributed by atoms with van der Waals surface area (Å²) in [7, 11) is -0.504. The maximum Gasteiger partial charge on any atom is 0.0708 e. The SMILES string of the molecule is [c]1ccc([SiH]2CCCCC2)cc1. The molecular weight excluding hydrogens is 160 g/mol. The molecule has 1 radical (unpaired) electrons. The second-order valence-electron chi connectivity index (χ2n) is 3.67. The topological polar surface area (TPSA) is 0 Å². The van der Waals surface area contributed by atoms with Crippen molar-refractivity contribution in [2.45, 2.75) is 31.4 Å². The Bertz CT molecular complexity index is 224. The van der Waals surface area contributed by atoms with Gasteiger partial charge in [-0.15, -0.1) is 0 Å². The van der Waals surface area contributed by atoms with Crippen molar-refractivity contribution in [2.24, 2.45) is 0 Å². The van der Waals surface area contributed by atoms with E-state index in [0.717, 1.165) is 0 Å². The molecule has 0 spiro atoms. The van der Waals surface area contributed by atoms with Gasteiger partial charge in [0, 0.05) is 0 Å². The van der Waals surface area contributed by atoms with Crippen molar-refractivity contribution in [1.29, 1.82) is 0 Å². The quantitative estimate of drug-likeness (QED) is 0.573. The van der Waals surface area contributed by atoms with Crippen molar-refractivity contribution in [1.82, 2.24) is 0 Å². The van der Waals surface area contributed by atoms with Crippen LogP contribution in [0.4, 0.5) is 0 Å². The maximum absolute atomic E-state index is 3.09. The first-order valence-corrected chi connectivity index (χ1v) is 7.14. The summed E-state index contributed by atoms with van der Waals surface area (Å²) in [5.74, 6) is 0. The van der Waals surface area contributed by atoms with Crippen LogP contribution >= 0.6 is 0 Å². The largest absolute Gasteiger partial charge is 0.0708 e. The molecule has 0 aromatic heterocycles. The van der Waals surface area contributed by atoms with E-state index in [-0.39, 0.29) is 0 Å². The molecule has 1 aliphatic heterocycles. The first-order valence-electron chi connectivity index (χ1n) is 4.93. The van der Waals surface area contributed by atoms with E-state index in [4.69, 9.17) is 0 Å². The van der Waals surface area contributed by atoms with Crippen LogP contribution in [0.25, 0.3) is 0 Å². The highest BCUT2D eigenvalue weighted by Crippen LogP contribution is 2.18. The molecular formula is C11H15Si. The zero-order valence-corrected chi connectivity index (χ0v) is 8.58. The van der Waals surface area contributed by atoms with Gasteiger partial charge in [-0.05, 0) is 6.07 Å². The van der Waals surface area contributed by atoms with Crippen LogP contribution in [0.5, 0.6) is 0 Å². The summed E-state index contributed by atoms with van der Waals surface area (Å²) < 4.78 is 0. The minimum Gasteiger partial charge on any atom is -0.0630 e. The predicted molar refractivity (Wildman–Crippen MR) is 55.5 cm³/mol. The molecule has 63 valence electrons. The Morgan fingerprint density at radius 1 is 1.00 bits per heavy atom. The highest BCUT2D eigenvalue weighted by atomic mass is 28.3. The minimum atomic E-state index is -0.504. The van der Waals surface area contributed by atoms with Gasteiger partial charge >= 0.3 is 0 Å². The van der Waals surface area contributed by atoms with Crippen LogP contribution < -0.4 is 5.19 Å². The fourth-order valence-electron chi connectivity index (χ4n) is 2.11. The molecule has 1 saturated heterocycles. The van der Waals surface area contributed by atoms with Crippen molar-refractivity contribution < 1.29 is 0 Å². The third-order valence-electron chi connectivity index (χ3n) is 2.82. The lowest BCUT2D eigenvalue weighted by molar-refractivity contribution is 0.728. The third-order valence-corrected chi connectivity index (χ3v) is 6.36. The van der Waals surface area contributed by atoms with E-state index in [9.17, 15) is 0 Å². The van der Waals surface area contributed by atoms with Crippen LogP contribution in [-0.2, 0) is 0 Å². The second-order valence-corrected chi connectivity index (χ2v) is 6.88. The number of hydrogen-bond donors (Lipinski definition) is 0. The Labute approximate surface area is 76.2 Å². The average Bonchev–Trinajstić information content (AvgIpc) is 2.21. The number of rotatable bonds is 1. The molecule has 0 bridgehead atoms. The Balaban J connectivity index is 2.08. The Kier molecular flexibility index (Phi) is 2.62. The van der Waals surface area contributed by atoms with Crippen LogP contribution in [0.1, 0.15) is 19.3 Å². The molecule has 0 saturated carbocycles. The zero-order valence-electron chi connectivity index (χ0n) is 7.42. The maximum atomic E-state index is 3.09. The van der Waals surface area contributed by atoms with Gasteiger partial charge in [-0.3, -0.25) is 0 Å². The first-order chi connectivity index (χ1) is 5.97. The normalized spacial score (nSPS) is 19.3. The molecule has 0 unspecified atom stereocenters. The summed E-state index contributed by atoms with van der Waals surface area (Å²) in [5, 5.41) is 1.66. The molecule has 1 aromatic carbocycles. The lowest BCUT2D eigenvalue weighted by Crippen LogP contribution is -2.31. The standard InChI is InChI=1S/C11H15Si/c1-3-7-11(8-4-1)12-9-5-2-6-10-12/h3-4,7-8,12H,2,5-6,9-10H2. The van der Waals surface area contributed by atoms with Crippen molar-refractivity contribution in [3.8, 4) is 0 Å². The van der Waals surface area contributed by atoms with Gasteiger partial charge in [0.25, 0.3) is 0 Å². The molecule has 1 aliphatic rings. The molecule has 2 rings (SSSR count). The lowest BCUT2D eigenvalue weighted by Gasteiger charge is -2.19. The van der Waals surface area contributed by atoms with Gasteiger partial charge in [-0.25, -0.2) is 0 Å². The molecule has 1 aromatic rings. The summed E-state index contributed by atoms with van der Waals surface area (Å²) in [6, 6.07) is 14.9. The molecule has 1 heteroatoms. The zero-order chi connectivity index (χ0) is 8.23. The monoisotopic (exact) mass is 175 g/mol. The first kappa shape index (κ1) is 8.05. The fraction of sp³-hybridized carbons (Fsp3) is 0.455. The smallest absolute Gasteiger partial charge is 0.0630 e. The summed E-state index contributed by atoms with van der Waals surface area (Å²) in [4.78, 5) is 0. The highest BCUT2D eigenvalue weighted by Gasteiger charge is 2.15. The molecule has 1 heterocycles. The predicted octanol–water partition coefficient (Wildman–Crippen LogP) is 2.10. The fourth-order valence-corrected chi connectivity index (χ4v) is 5.36. The molecule has 0 amide bonds. The van der Waals surface area contributed by atoms with E-state index in [1.807, 2.05) is 0 Å². The average molecular weight is 175 g/mol. The van der Waals surface area contributed by atoms with Crippen molar-refractivity contribution in [3.05, 3.63) is 30.3 Å². The van der Waals surface area contributed by atoms with Gasteiger partial charge in [0.1, 0.15) is 0 Å². The molecule has 0 atom stereocenters. The second kappa shape index (κ2) is 3.90. The van der Waals surface area contributed by atoms with Crippen molar-refractivity contribution in [2.75, 3.05) is 0 Å². The van der Waals surface area contributed by atoms with Gasteiger partial charge in [-0.2, -0.15) is 0 Å². The summed E-state index contributed by atoms with van der Waals surface area (Å²) in [6.45, 7) is 0. The summed E-state index contributed by atoms with van der Waals surface area (Å²) in [6.07, 6.45) is 4.44. The van der Waals surface area contributed by atoms with Crippen LogP contribution in [0.15, 0.2) is 24.3 Å². The molecule has 0 nitrogen and oxygen atoms in total. The van der Waals surface area contributed by atoms with E-state index in [2.05, 4.69) is 30.3 Å². The van der Waals surface area contributed by atoms with E-state index in [1.165, 1.54) is 31.4 Å². The van der Waals surface area contributed by atoms with Gasteiger partial charge < -0.3 is 0 Å². The van der Waals surface area contributed by atoms with Crippen molar-refractivity contribution >= 4 is 14.0 Å². The van der Waals surface area contributed by atoms with Gasteiger partial charge in [0.15, 0.2) is 0 Å². The third kappa shape index (κ3) is 1.78. The Morgan fingerprint density at radius 2 is 1.67 bits per heavy atom. The molecule has 12 heavy (non-hydrogen) atoms. The van der Waals surface area contributed by atoms with Crippen LogP contribution in [0, 0.1) is 6.07 Å². The minimum absolute atomic E-state index is 0.504. The highest BCUT2D eigenvalue weighted by molar-refractivity contribution is 6.73. The molecule has 1 fully saturated rings. The molecule has 0 N–H and O–H groups in total. The van der Waals surface area contributed by atoms with E-state index in [0.29, 0.717) is 0 Å². The molecule has 0 aliphatic carbocycles.